The van der Waals surface area contributed by atoms with E-state index in [9.17, 15) is 22.0 Å². The fraction of sp³-hybridized carbons (Fsp3) is 0.500. The second kappa shape index (κ2) is 5.22. The van der Waals surface area contributed by atoms with E-state index in [4.69, 9.17) is 0 Å². The zero-order valence-electron chi connectivity index (χ0n) is 9.50. The van der Waals surface area contributed by atoms with E-state index in [2.05, 4.69) is 5.32 Å². The molecule has 1 aliphatic rings. The molecule has 1 atom stereocenters. The SMILES string of the molecule is Fc1c(F)c(F)c(CC2CCCCN2)c(F)c1F. The molecule has 0 aliphatic carbocycles. The maximum Gasteiger partial charge on any atom is 0.200 e. The standard InChI is InChI=1S/C12H12F5N/c13-8-7(5-6-3-1-2-4-18-6)9(14)11(16)12(17)10(8)15/h6,18H,1-5H2. The largest absolute Gasteiger partial charge is 0.314 e. The van der Waals surface area contributed by atoms with Gasteiger partial charge in [-0.25, -0.2) is 22.0 Å². The fourth-order valence-corrected chi connectivity index (χ4v) is 2.17. The summed E-state index contributed by atoms with van der Waals surface area (Å²) < 4.78 is 65.6. The quantitative estimate of drug-likeness (QED) is 0.492. The van der Waals surface area contributed by atoms with Gasteiger partial charge in [0.2, 0.25) is 5.82 Å². The van der Waals surface area contributed by atoms with Crippen LogP contribution in [0.5, 0.6) is 0 Å². The van der Waals surface area contributed by atoms with Crippen molar-refractivity contribution in [3.8, 4) is 0 Å². The molecule has 0 aromatic heterocycles. The summed E-state index contributed by atoms with van der Waals surface area (Å²) in [6.45, 7) is 0.695. The van der Waals surface area contributed by atoms with E-state index in [0.717, 1.165) is 12.8 Å². The maximum atomic E-state index is 13.4. The highest BCUT2D eigenvalue weighted by Gasteiger charge is 2.27. The molecule has 1 saturated heterocycles. The monoisotopic (exact) mass is 265 g/mol. The van der Waals surface area contributed by atoms with Gasteiger partial charge in [-0.15, -0.1) is 0 Å². The summed E-state index contributed by atoms with van der Waals surface area (Å²) in [5, 5.41) is 3.00. The molecule has 0 saturated carbocycles. The minimum atomic E-state index is -2.11. The van der Waals surface area contributed by atoms with Crippen molar-refractivity contribution in [1.29, 1.82) is 0 Å². The van der Waals surface area contributed by atoms with E-state index in [1.165, 1.54) is 0 Å². The molecule has 0 spiro atoms. The van der Waals surface area contributed by atoms with Crippen LogP contribution in [0.15, 0.2) is 0 Å². The fourth-order valence-electron chi connectivity index (χ4n) is 2.17. The molecular formula is C12H12F5N. The predicted octanol–water partition coefficient (Wildman–Crippen LogP) is 3.07. The van der Waals surface area contributed by atoms with Crippen LogP contribution in [0.1, 0.15) is 24.8 Å². The number of hydrogen-bond donors (Lipinski definition) is 1. The average Bonchev–Trinajstić information content (AvgIpc) is 2.40. The van der Waals surface area contributed by atoms with Gasteiger partial charge in [-0.1, -0.05) is 6.42 Å². The highest BCUT2D eigenvalue weighted by Crippen LogP contribution is 2.25. The third kappa shape index (κ3) is 2.34. The van der Waals surface area contributed by atoms with Crippen molar-refractivity contribution in [2.24, 2.45) is 0 Å². The lowest BCUT2D eigenvalue weighted by Gasteiger charge is -2.23. The lowest BCUT2D eigenvalue weighted by atomic mass is 9.97. The summed E-state index contributed by atoms with van der Waals surface area (Å²) in [5.41, 5.74) is -0.731. The number of piperidine rings is 1. The summed E-state index contributed by atoms with van der Waals surface area (Å²) in [6.07, 6.45) is 2.31. The van der Waals surface area contributed by atoms with Crippen LogP contribution in [0.3, 0.4) is 0 Å². The normalized spacial score (nSPS) is 20.2. The van der Waals surface area contributed by atoms with Crippen LogP contribution in [0, 0.1) is 29.1 Å². The number of nitrogens with one attached hydrogen (secondary N) is 1. The van der Waals surface area contributed by atoms with E-state index in [-0.39, 0.29) is 12.5 Å². The van der Waals surface area contributed by atoms with Crippen molar-refractivity contribution in [1.82, 2.24) is 5.32 Å². The molecule has 18 heavy (non-hydrogen) atoms. The van der Waals surface area contributed by atoms with Gasteiger partial charge >= 0.3 is 0 Å². The lowest BCUT2D eigenvalue weighted by Crippen LogP contribution is -2.36. The van der Waals surface area contributed by atoms with E-state index in [0.29, 0.717) is 13.0 Å². The average molecular weight is 265 g/mol. The highest BCUT2D eigenvalue weighted by molar-refractivity contribution is 5.25. The Morgan fingerprint density at radius 2 is 1.39 bits per heavy atom. The van der Waals surface area contributed by atoms with E-state index < -0.39 is 34.6 Å². The molecule has 1 aromatic carbocycles. The van der Waals surface area contributed by atoms with Crippen LogP contribution in [0.4, 0.5) is 22.0 Å². The molecule has 1 N–H and O–H groups in total. The van der Waals surface area contributed by atoms with Gasteiger partial charge in [0.25, 0.3) is 0 Å². The predicted molar refractivity (Wildman–Crippen MR) is 55.6 cm³/mol. The van der Waals surface area contributed by atoms with Crippen LogP contribution in [-0.4, -0.2) is 12.6 Å². The minimum Gasteiger partial charge on any atom is -0.314 e. The van der Waals surface area contributed by atoms with Crippen LogP contribution in [-0.2, 0) is 6.42 Å². The van der Waals surface area contributed by atoms with Crippen molar-refractivity contribution in [3.63, 3.8) is 0 Å². The third-order valence-corrected chi connectivity index (χ3v) is 3.16. The summed E-state index contributed by atoms with van der Waals surface area (Å²) in [7, 11) is 0. The Hall–Kier alpha value is -1.17. The first-order chi connectivity index (χ1) is 8.52. The van der Waals surface area contributed by atoms with Crippen molar-refractivity contribution in [2.45, 2.75) is 31.7 Å². The summed E-state index contributed by atoms with van der Waals surface area (Å²) in [6, 6.07) is -0.244. The first kappa shape index (κ1) is 13.3. The summed E-state index contributed by atoms with van der Waals surface area (Å²) >= 11 is 0. The molecule has 1 nitrogen and oxygen atoms in total. The molecular weight excluding hydrogens is 253 g/mol. The molecule has 0 bridgehead atoms. The Balaban J connectivity index is 2.32. The molecule has 2 rings (SSSR count). The number of benzene rings is 1. The second-order valence-electron chi connectivity index (χ2n) is 4.40. The van der Waals surface area contributed by atoms with Gasteiger partial charge in [-0.2, -0.15) is 0 Å². The van der Waals surface area contributed by atoms with Gasteiger partial charge in [-0.05, 0) is 25.8 Å². The Labute approximate surface area is 101 Å². The Morgan fingerprint density at radius 3 is 1.89 bits per heavy atom. The molecule has 0 amide bonds. The van der Waals surface area contributed by atoms with Crippen molar-refractivity contribution in [3.05, 3.63) is 34.6 Å². The molecule has 1 aromatic rings. The number of hydrogen-bond acceptors (Lipinski definition) is 1. The first-order valence-corrected chi connectivity index (χ1v) is 5.76. The second-order valence-corrected chi connectivity index (χ2v) is 4.40. The van der Waals surface area contributed by atoms with Crippen LogP contribution in [0.2, 0.25) is 0 Å². The Kier molecular flexibility index (Phi) is 3.85. The summed E-state index contributed by atoms with van der Waals surface area (Å²) in [5.74, 6) is -9.30. The van der Waals surface area contributed by atoms with E-state index in [1.807, 2.05) is 0 Å². The Morgan fingerprint density at radius 1 is 0.833 bits per heavy atom. The molecule has 0 radical (unpaired) electrons. The molecule has 1 unspecified atom stereocenters. The molecule has 1 fully saturated rings. The topological polar surface area (TPSA) is 12.0 Å². The van der Waals surface area contributed by atoms with Gasteiger partial charge in [0, 0.05) is 11.6 Å². The molecule has 100 valence electrons. The first-order valence-electron chi connectivity index (χ1n) is 5.76. The smallest absolute Gasteiger partial charge is 0.200 e. The Bertz CT molecular complexity index is 425. The van der Waals surface area contributed by atoms with Gasteiger partial charge < -0.3 is 5.32 Å². The van der Waals surface area contributed by atoms with Crippen molar-refractivity contribution >= 4 is 0 Å². The van der Waals surface area contributed by atoms with Crippen LogP contribution in [0.25, 0.3) is 0 Å². The van der Waals surface area contributed by atoms with Gasteiger partial charge in [0.15, 0.2) is 23.3 Å². The maximum absolute atomic E-state index is 13.4. The van der Waals surface area contributed by atoms with Gasteiger partial charge in [0.05, 0.1) is 0 Å². The summed E-state index contributed by atoms with van der Waals surface area (Å²) in [4.78, 5) is 0. The van der Waals surface area contributed by atoms with Crippen LogP contribution >= 0.6 is 0 Å². The lowest BCUT2D eigenvalue weighted by molar-refractivity contribution is 0.352. The number of rotatable bonds is 2. The zero-order valence-corrected chi connectivity index (χ0v) is 9.50. The number of halogens is 5. The van der Waals surface area contributed by atoms with Crippen LogP contribution < -0.4 is 5.32 Å². The minimum absolute atomic E-state index is 0.189. The van der Waals surface area contributed by atoms with Gasteiger partial charge in [-0.3, -0.25) is 0 Å². The van der Waals surface area contributed by atoms with Crippen molar-refractivity contribution in [2.75, 3.05) is 6.54 Å². The van der Waals surface area contributed by atoms with Gasteiger partial charge in [0.1, 0.15) is 0 Å². The van der Waals surface area contributed by atoms with Crippen molar-refractivity contribution < 1.29 is 22.0 Å². The van der Waals surface area contributed by atoms with E-state index >= 15 is 0 Å². The highest BCUT2D eigenvalue weighted by atomic mass is 19.2. The molecule has 6 heteroatoms. The van der Waals surface area contributed by atoms with E-state index in [1.54, 1.807) is 0 Å². The zero-order chi connectivity index (χ0) is 13.3. The third-order valence-electron chi connectivity index (χ3n) is 3.16. The molecule has 1 aliphatic heterocycles. The molecule has 1 heterocycles.